The van der Waals surface area contributed by atoms with Crippen LogP contribution in [0.4, 0.5) is 11.5 Å². The van der Waals surface area contributed by atoms with Gasteiger partial charge in [0.2, 0.25) is 11.6 Å². The molecule has 11 heteroatoms. The summed E-state index contributed by atoms with van der Waals surface area (Å²) in [7, 11) is 1.58. The number of nitrogens with one attached hydrogen (secondary N) is 1. The maximum Gasteiger partial charge on any atom is 0.293 e. The summed E-state index contributed by atoms with van der Waals surface area (Å²) in [5, 5.41) is 12.5. The Bertz CT molecular complexity index is 1720. The molecule has 0 aliphatic heterocycles. The third-order valence-corrected chi connectivity index (χ3v) is 6.19. The molecule has 6 rings (SSSR count). The van der Waals surface area contributed by atoms with Crippen LogP contribution in [0.3, 0.4) is 0 Å². The standard InChI is InChI=1S/C27H24N8O3/c1-37-19-13-11-18(12-14-19)29-27(36)26-31-24-21(25-30-23(33-35(25)26)20-10-6-16-38-20)22(28)34(32-24)15-5-9-17-7-3-2-4-8-17/h2-4,6-8,10-14,16H,5,9,15,28H2,1H3,(H,29,36). The molecule has 38 heavy (non-hydrogen) atoms. The van der Waals surface area contributed by atoms with Gasteiger partial charge in [0.15, 0.2) is 17.1 Å². The molecular weight excluding hydrogens is 484 g/mol. The summed E-state index contributed by atoms with van der Waals surface area (Å²) in [6.45, 7) is 0.579. The number of hydrogen-bond acceptors (Lipinski definition) is 8. The van der Waals surface area contributed by atoms with Crippen LogP contribution in [0, 0.1) is 0 Å². The summed E-state index contributed by atoms with van der Waals surface area (Å²) in [6.07, 6.45) is 3.24. The lowest BCUT2D eigenvalue weighted by molar-refractivity contribution is 0.101. The Morgan fingerprint density at radius 2 is 1.84 bits per heavy atom. The van der Waals surface area contributed by atoms with Gasteiger partial charge in [-0.25, -0.2) is 14.6 Å². The number of carbonyl (C=O) groups excluding carboxylic acids is 1. The molecule has 4 heterocycles. The van der Waals surface area contributed by atoms with Gasteiger partial charge in [-0.15, -0.1) is 5.10 Å². The fourth-order valence-corrected chi connectivity index (χ4v) is 4.29. The molecule has 11 nitrogen and oxygen atoms in total. The van der Waals surface area contributed by atoms with E-state index in [1.165, 1.54) is 16.3 Å². The molecule has 3 N–H and O–H groups in total. The smallest absolute Gasteiger partial charge is 0.293 e. The zero-order valence-electron chi connectivity index (χ0n) is 20.5. The van der Waals surface area contributed by atoms with Gasteiger partial charge < -0.3 is 20.2 Å². The molecule has 0 atom stereocenters. The van der Waals surface area contributed by atoms with Crippen LogP contribution < -0.4 is 15.8 Å². The maximum absolute atomic E-state index is 13.4. The monoisotopic (exact) mass is 508 g/mol. The summed E-state index contributed by atoms with van der Waals surface area (Å²) in [6, 6.07) is 20.7. The molecule has 0 aliphatic rings. The lowest BCUT2D eigenvalue weighted by Crippen LogP contribution is -2.19. The van der Waals surface area contributed by atoms with Crippen LogP contribution in [0.25, 0.3) is 28.3 Å². The molecule has 1 amide bonds. The van der Waals surface area contributed by atoms with Gasteiger partial charge in [-0.2, -0.15) is 9.61 Å². The van der Waals surface area contributed by atoms with E-state index < -0.39 is 5.91 Å². The third kappa shape index (κ3) is 4.30. The highest BCUT2D eigenvalue weighted by Crippen LogP contribution is 2.27. The van der Waals surface area contributed by atoms with Crippen LogP contribution in [-0.4, -0.2) is 42.4 Å². The first kappa shape index (κ1) is 23.2. The molecule has 0 unspecified atom stereocenters. The zero-order valence-corrected chi connectivity index (χ0v) is 20.5. The Balaban J connectivity index is 1.39. The van der Waals surface area contributed by atoms with Gasteiger partial charge >= 0.3 is 0 Å². The Morgan fingerprint density at radius 1 is 1.03 bits per heavy atom. The molecular formula is C27H24N8O3. The number of carbonyl (C=O) groups is 1. The first-order valence-corrected chi connectivity index (χ1v) is 12.1. The van der Waals surface area contributed by atoms with Crippen LogP contribution in [-0.2, 0) is 13.0 Å². The number of methoxy groups -OCH3 is 1. The topological polar surface area (TPSA) is 138 Å². The quantitative estimate of drug-likeness (QED) is 0.312. The number of ether oxygens (including phenoxy) is 1. The molecule has 190 valence electrons. The average molecular weight is 509 g/mol. The van der Waals surface area contributed by atoms with Gasteiger partial charge in [0.05, 0.1) is 13.4 Å². The van der Waals surface area contributed by atoms with Crippen LogP contribution in [0.1, 0.15) is 22.6 Å². The second-order valence-electron chi connectivity index (χ2n) is 8.66. The Kier molecular flexibility index (Phi) is 5.92. The minimum atomic E-state index is -0.477. The number of furan rings is 1. The number of hydrogen-bond donors (Lipinski definition) is 2. The number of nitrogens with two attached hydrogens (primary N) is 1. The number of fused-ring (bicyclic) bond motifs is 3. The summed E-state index contributed by atoms with van der Waals surface area (Å²) in [5.74, 6) is 1.39. The minimum Gasteiger partial charge on any atom is -0.497 e. The number of amides is 1. The van der Waals surface area contributed by atoms with Crippen molar-refractivity contribution in [3.8, 4) is 17.3 Å². The third-order valence-electron chi connectivity index (χ3n) is 6.19. The van der Waals surface area contributed by atoms with Crippen molar-refractivity contribution < 1.29 is 13.9 Å². The fraction of sp³-hybridized carbons (Fsp3) is 0.148. The molecule has 2 aromatic carbocycles. The zero-order chi connectivity index (χ0) is 26.1. The number of benzene rings is 2. The van der Waals surface area contributed by atoms with Gasteiger partial charge in [-0.1, -0.05) is 30.3 Å². The highest BCUT2D eigenvalue weighted by molar-refractivity contribution is 6.06. The van der Waals surface area contributed by atoms with Crippen molar-refractivity contribution in [2.24, 2.45) is 0 Å². The molecule has 0 aliphatic carbocycles. The van der Waals surface area contributed by atoms with E-state index in [1.54, 1.807) is 48.2 Å². The average Bonchev–Trinajstić information content (AvgIpc) is 3.69. The van der Waals surface area contributed by atoms with Crippen LogP contribution >= 0.6 is 0 Å². The molecule has 0 saturated carbocycles. The van der Waals surface area contributed by atoms with Gasteiger partial charge in [-0.05, 0) is 54.8 Å². The van der Waals surface area contributed by atoms with Crippen molar-refractivity contribution in [2.75, 3.05) is 18.2 Å². The SMILES string of the molecule is COc1ccc(NC(=O)c2nc3nn(CCCc4ccccc4)c(N)c3c3nc(-c4ccco4)nn23)cc1. The Hall–Kier alpha value is -5.19. The Morgan fingerprint density at radius 3 is 2.58 bits per heavy atom. The van der Waals surface area contributed by atoms with Gasteiger partial charge in [0, 0.05) is 12.2 Å². The first-order valence-electron chi connectivity index (χ1n) is 12.1. The second-order valence-corrected chi connectivity index (χ2v) is 8.66. The van der Waals surface area contributed by atoms with E-state index >= 15 is 0 Å². The molecule has 0 fully saturated rings. The lowest BCUT2D eigenvalue weighted by Gasteiger charge is -2.07. The Labute approximate surface area is 216 Å². The van der Waals surface area contributed by atoms with E-state index in [-0.39, 0.29) is 5.82 Å². The summed E-state index contributed by atoms with van der Waals surface area (Å²) >= 11 is 0. The van der Waals surface area contributed by atoms with Crippen molar-refractivity contribution in [1.82, 2.24) is 29.4 Å². The van der Waals surface area contributed by atoms with Crippen LogP contribution in [0.5, 0.6) is 5.75 Å². The second kappa shape index (κ2) is 9.69. The van der Waals surface area contributed by atoms with Crippen LogP contribution in [0.2, 0.25) is 0 Å². The lowest BCUT2D eigenvalue weighted by atomic mass is 10.1. The van der Waals surface area contributed by atoms with Crippen molar-refractivity contribution in [3.63, 3.8) is 0 Å². The fourth-order valence-electron chi connectivity index (χ4n) is 4.29. The molecule has 0 spiro atoms. The highest BCUT2D eigenvalue weighted by atomic mass is 16.5. The van der Waals surface area contributed by atoms with Crippen molar-refractivity contribution in [3.05, 3.63) is 84.4 Å². The summed E-state index contributed by atoms with van der Waals surface area (Å²) < 4.78 is 13.8. The predicted molar refractivity (Wildman–Crippen MR) is 142 cm³/mol. The van der Waals surface area contributed by atoms with E-state index in [4.69, 9.17) is 14.9 Å². The number of nitrogens with zero attached hydrogens (tertiary/aromatic N) is 6. The van der Waals surface area contributed by atoms with Crippen molar-refractivity contribution >= 4 is 34.1 Å². The van der Waals surface area contributed by atoms with Gasteiger partial charge in [0.1, 0.15) is 17.0 Å². The minimum absolute atomic E-state index is 0.0163. The van der Waals surface area contributed by atoms with Gasteiger partial charge in [0.25, 0.3) is 5.91 Å². The molecule has 0 bridgehead atoms. The molecule has 4 aromatic heterocycles. The predicted octanol–water partition coefficient (Wildman–Crippen LogP) is 4.21. The van der Waals surface area contributed by atoms with Crippen molar-refractivity contribution in [2.45, 2.75) is 19.4 Å². The maximum atomic E-state index is 13.4. The van der Waals surface area contributed by atoms with E-state index in [0.717, 1.165) is 12.8 Å². The van der Waals surface area contributed by atoms with E-state index in [0.29, 0.717) is 52.1 Å². The number of nitrogen functional groups attached to an aromatic ring is 1. The summed E-state index contributed by atoms with van der Waals surface area (Å²) in [5.41, 5.74) is 9.02. The van der Waals surface area contributed by atoms with E-state index in [2.05, 4.69) is 37.6 Å². The number of aryl methyl sites for hydroxylation is 2. The van der Waals surface area contributed by atoms with Crippen LogP contribution in [0.15, 0.2) is 77.4 Å². The van der Waals surface area contributed by atoms with E-state index in [9.17, 15) is 4.79 Å². The first-order chi connectivity index (χ1) is 18.6. The molecule has 0 radical (unpaired) electrons. The van der Waals surface area contributed by atoms with Gasteiger partial charge in [-0.3, -0.25) is 4.79 Å². The number of rotatable bonds is 8. The number of anilines is 2. The van der Waals surface area contributed by atoms with Crippen molar-refractivity contribution in [1.29, 1.82) is 0 Å². The summed E-state index contributed by atoms with van der Waals surface area (Å²) in [4.78, 5) is 22.6. The highest BCUT2D eigenvalue weighted by Gasteiger charge is 2.24. The largest absolute Gasteiger partial charge is 0.497 e. The molecule has 0 saturated heterocycles. The number of aromatic nitrogens is 6. The normalized spacial score (nSPS) is 11.3. The van der Waals surface area contributed by atoms with E-state index in [1.807, 2.05) is 18.2 Å². The molecule has 6 aromatic rings.